The molecule has 2 N–H and O–H groups in total. The van der Waals surface area contributed by atoms with Crippen LogP contribution in [0.1, 0.15) is 67.7 Å². The number of rotatable bonds is 6. The molecular weight excluding hydrogens is 302 g/mol. The molecule has 1 aromatic heterocycles. The highest BCUT2D eigenvalue weighted by Gasteiger charge is 2.25. The third-order valence-corrected chi connectivity index (χ3v) is 4.64. The SMILES string of the molecule is CCCc1c(C)n(CCCO)c2c(C(C)(C)C)cc(C(=O)O)cc12. The van der Waals surface area contributed by atoms with Gasteiger partial charge in [0, 0.05) is 24.2 Å². The number of carbonyl (C=O) groups is 1. The Labute approximate surface area is 144 Å². The van der Waals surface area contributed by atoms with Gasteiger partial charge in [0.05, 0.1) is 11.1 Å². The molecule has 0 atom stereocenters. The average Bonchev–Trinajstić information content (AvgIpc) is 2.76. The fourth-order valence-electron chi connectivity index (χ4n) is 3.45. The van der Waals surface area contributed by atoms with Crippen molar-refractivity contribution in [2.24, 2.45) is 0 Å². The molecule has 4 heteroatoms. The molecule has 0 bridgehead atoms. The number of aliphatic hydroxyl groups excluding tert-OH is 1. The molecule has 0 unspecified atom stereocenters. The topological polar surface area (TPSA) is 62.5 Å². The van der Waals surface area contributed by atoms with Crippen molar-refractivity contribution < 1.29 is 15.0 Å². The van der Waals surface area contributed by atoms with E-state index in [-0.39, 0.29) is 12.0 Å². The number of aromatic carboxylic acids is 1. The van der Waals surface area contributed by atoms with Crippen molar-refractivity contribution in [3.05, 3.63) is 34.5 Å². The lowest BCUT2D eigenvalue weighted by atomic mass is 9.84. The summed E-state index contributed by atoms with van der Waals surface area (Å²) in [6.45, 7) is 11.5. The normalized spacial score (nSPS) is 12.1. The summed E-state index contributed by atoms with van der Waals surface area (Å²) in [6.07, 6.45) is 2.64. The summed E-state index contributed by atoms with van der Waals surface area (Å²) in [5.74, 6) is -0.884. The largest absolute Gasteiger partial charge is 0.478 e. The molecule has 1 heterocycles. The molecule has 0 radical (unpaired) electrons. The highest BCUT2D eigenvalue weighted by Crippen LogP contribution is 2.36. The van der Waals surface area contributed by atoms with E-state index in [0.29, 0.717) is 12.0 Å². The highest BCUT2D eigenvalue weighted by atomic mass is 16.4. The van der Waals surface area contributed by atoms with Crippen molar-refractivity contribution in [2.75, 3.05) is 6.61 Å². The first-order valence-electron chi connectivity index (χ1n) is 8.72. The Morgan fingerprint density at radius 1 is 1.25 bits per heavy atom. The Kier molecular flexibility index (Phi) is 5.38. The molecule has 0 amide bonds. The van der Waals surface area contributed by atoms with Crippen molar-refractivity contribution in [3.63, 3.8) is 0 Å². The zero-order chi connectivity index (χ0) is 18.1. The summed E-state index contributed by atoms with van der Waals surface area (Å²) in [5, 5.41) is 19.8. The molecule has 0 saturated heterocycles. The molecule has 0 saturated carbocycles. The molecule has 4 nitrogen and oxygen atoms in total. The van der Waals surface area contributed by atoms with Gasteiger partial charge in [-0.15, -0.1) is 0 Å². The predicted octanol–water partition coefficient (Wildman–Crippen LogP) is 4.28. The van der Waals surface area contributed by atoms with Crippen LogP contribution in [-0.2, 0) is 18.4 Å². The first-order valence-corrected chi connectivity index (χ1v) is 8.72. The predicted molar refractivity (Wildman–Crippen MR) is 98.0 cm³/mol. The molecule has 132 valence electrons. The minimum absolute atomic E-state index is 0.153. The Morgan fingerprint density at radius 2 is 1.92 bits per heavy atom. The lowest BCUT2D eigenvalue weighted by molar-refractivity contribution is 0.0697. The van der Waals surface area contributed by atoms with E-state index in [1.807, 2.05) is 12.1 Å². The van der Waals surface area contributed by atoms with Crippen LogP contribution in [0.4, 0.5) is 0 Å². The van der Waals surface area contributed by atoms with Gasteiger partial charge in [-0.2, -0.15) is 0 Å². The summed E-state index contributed by atoms with van der Waals surface area (Å²) in [5.41, 5.74) is 4.80. The third kappa shape index (κ3) is 3.34. The second kappa shape index (κ2) is 6.98. The van der Waals surface area contributed by atoms with Crippen LogP contribution in [0.2, 0.25) is 0 Å². The average molecular weight is 331 g/mol. The van der Waals surface area contributed by atoms with Crippen LogP contribution in [0.3, 0.4) is 0 Å². The quantitative estimate of drug-likeness (QED) is 0.830. The van der Waals surface area contributed by atoms with Gasteiger partial charge in [0.25, 0.3) is 0 Å². The third-order valence-electron chi connectivity index (χ3n) is 4.64. The van der Waals surface area contributed by atoms with Crippen LogP contribution in [0.25, 0.3) is 10.9 Å². The van der Waals surface area contributed by atoms with E-state index in [2.05, 4.69) is 39.2 Å². The van der Waals surface area contributed by atoms with Crippen molar-refractivity contribution >= 4 is 16.9 Å². The molecular formula is C20H29NO3. The Morgan fingerprint density at radius 3 is 2.42 bits per heavy atom. The zero-order valence-electron chi connectivity index (χ0n) is 15.4. The number of aliphatic hydroxyl groups is 1. The van der Waals surface area contributed by atoms with E-state index in [4.69, 9.17) is 0 Å². The summed E-state index contributed by atoms with van der Waals surface area (Å²) in [4.78, 5) is 11.6. The molecule has 0 aliphatic heterocycles. The number of aromatic nitrogens is 1. The molecule has 1 aromatic carbocycles. The van der Waals surface area contributed by atoms with Crippen LogP contribution in [-0.4, -0.2) is 27.4 Å². The van der Waals surface area contributed by atoms with E-state index in [1.165, 1.54) is 11.3 Å². The maximum absolute atomic E-state index is 11.6. The van der Waals surface area contributed by atoms with Gasteiger partial charge in [0.2, 0.25) is 0 Å². The van der Waals surface area contributed by atoms with E-state index in [0.717, 1.165) is 35.9 Å². The van der Waals surface area contributed by atoms with E-state index < -0.39 is 5.97 Å². The van der Waals surface area contributed by atoms with Gasteiger partial charge in [0.15, 0.2) is 0 Å². The highest BCUT2D eigenvalue weighted by molar-refractivity contribution is 5.97. The lowest BCUT2D eigenvalue weighted by Crippen LogP contribution is -2.15. The van der Waals surface area contributed by atoms with Gasteiger partial charge < -0.3 is 14.8 Å². The molecule has 2 rings (SSSR count). The van der Waals surface area contributed by atoms with Crippen LogP contribution in [0, 0.1) is 6.92 Å². The smallest absolute Gasteiger partial charge is 0.335 e. The van der Waals surface area contributed by atoms with Crippen LogP contribution in [0.5, 0.6) is 0 Å². The number of aryl methyl sites for hydroxylation is 2. The molecule has 24 heavy (non-hydrogen) atoms. The Bertz CT molecular complexity index is 751. The molecule has 0 aliphatic carbocycles. The number of hydrogen-bond donors (Lipinski definition) is 2. The van der Waals surface area contributed by atoms with Crippen LogP contribution < -0.4 is 0 Å². The Balaban J connectivity index is 2.90. The number of benzene rings is 1. The van der Waals surface area contributed by atoms with Gasteiger partial charge in [-0.05, 0) is 48.4 Å². The monoisotopic (exact) mass is 331 g/mol. The van der Waals surface area contributed by atoms with E-state index in [9.17, 15) is 15.0 Å². The van der Waals surface area contributed by atoms with Crippen molar-refractivity contribution in [2.45, 2.75) is 65.8 Å². The van der Waals surface area contributed by atoms with Crippen molar-refractivity contribution in [1.82, 2.24) is 4.57 Å². The van der Waals surface area contributed by atoms with Gasteiger partial charge in [-0.1, -0.05) is 34.1 Å². The molecule has 0 aliphatic rings. The molecule has 2 aromatic rings. The zero-order valence-corrected chi connectivity index (χ0v) is 15.4. The second-order valence-electron chi connectivity index (χ2n) is 7.52. The number of hydrogen-bond acceptors (Lipinski definition) is 2. The van der Waals surface area contributed by atoms with Crippen molar-refractivity contribution in [3.8, 4) is 0 Å². The summed E-state index contributed by atoms with van der Waals surface area (Å²) >= 11 is 0. The van der Waals surface area contributed by atoms with Gasteiger partial charge in [0.1, 0.15) is 0 Å². The van der Waals surface area contributed by atoms with Crippen LogP contribution >= 0.6 is 0 Å². The first kappa shape index (κ1) is 18.5. The van der Waals surface area contributed by atoms with E-state index in [1.54, 1.807) is 0 Å². The maximum Gasteiger partial charge on any atom is 0.335 e. The molecule has 0 spiro atoms. The van der Waals surface area contributed by atoms with Gasteiger partial charge in [-0.25, -0.2) is 4.79 Å². The standard InChI is InChI=1S/C20H29NO3/c1-6-8-15-13(2)21(9-7-10-22)18-16(15)11-14(19(23)24)12-17(18)20(3,4)5/h11-12,22H,6-10H2,1-5H3,(H,23,24). The fourth-order valence-corrected chi connectivity index (χ4v) is 3.45. The fraction of sp³-hybridized carbons (Fsp3) is 0.550. The van der Waals surface area contributed by atoms with Gasteiger partial charge >= 0.3 is 5.97 Å². The number of carboxylic acids is 1. The second-order valence-corrected chi connectivity index (χ2v) is 7.52. The first-order chi connectivity index (χ1) is 11.2. The maximum atomic E-state index is 11.6. The van der Waals surface area contributed by atoms with Crippen molar-refractivity contribution in [1.29, 1.82) is 0 Å². The lowest BCUT2D eigenvalue weighted by Gasteiger charge is -2.23. The molecule has 0 fully saturated rings. The minimum Gasteiger partial charge on any atom is -0.478 e. The van der Waals surface area contributed by atoms with E-state index >= 15 is 0 Å². The summed E-state index contributed by atoms with van der Waals surface area (Å²) < 4.78 is 2.27. The number of nitrogens with zero attached hydrogens (tertiary/aromatic N) is 1. The van der Waals surface area contributed by atoms with Crippen LogP contribution in [0.15, 0.2) is 12.1 Å². The van der Waals surface area contributed by atoms with Gasteiger partial charge in [-0.3, -0.25) is 0 Å². The Hall–Kier alpha value is -1.81. The number of fused-ring (bicyclic) bond motifs is 1. The summed E-state index contributed by atoms with van der Waals surface area (Å²) in [7, 11) is 0. The minimum atomic E-state index is -0.884. The summed E-state index contributed by atoms with van der Waals surface area (Å²) in [6, 6.07) is 3.63. The number of carboxylic acid groups (broad SMARTS) is 1.